The molecule has 0 aliphatic heterocycles. The van der Waals surface area contributed by atoms with Crippen LogP contribution >= 0.6 is 15.9 Å². The highest BCUT2D eigenvalue weighted by Gasteiger charge is 2.50. The van der Waals surface area contributed by atoms with Gasteiger partial charge in [-0.15, -0.1) is 0 Å². The fourth-order valence-corrected chi connectivity index (χ4v) is 2.96. The molecule has 2 aromatic carbocycles. The van der Waals surface area contributed by atoms with Crippen LogP contribution < -0.4 is 5.32 Å². The number of hydrogen-bond acceptors (Lipinski definition) is 3. The van der Waals surface area contributed by atoms with Crippen LogP contribution in [0.1, 0.15) is 15.9 Å². The van der Waals surface area contributed by atoms with Crippen molar-refractivity contribution in [2.24, 2.45) is 0 Å². The summed E-state index contributed by atoms with van der Waals surface area (Å²) in [6.45, 7) is 0. The Balaban J connectivity index is 1.91. The number of halogens is 1. The predicted octanol–water partition coefficient (Wildman–Crippen LogP) is 2.56. The van der Waals surface area contributed by atoms with E-state index in [-0.39, 0.29) is 6.42 Å². The van der Waals surface area contributed by atoms with Gasteiger partial charge in [0.05, 0.1) is 0 Å². The molecular weight excluding hydrogens is 334 g/mol. The Bertz CT molecular complexity index is 730. The molecule has 3 rings (SSSR count). The molecule has 0 spiro atoms. The lowest BCUT2D eigenvalue weighted by Gasteiger charge is -2.19. The molecule has 0 fully saturated rings. The van der Waals surface area contributed by atoms with Gasteiger partial charge in [0.2, 0.25) is 11.4 Å². The lowest BCUT2D eigenvalue weighted by atomic mass is 9.98. The maximum atomic E-state index is 12.4. The van der Waals surface area contributed by atoms with Crippen LogP contribution in [0.4, 0.5) is 5.69 Å². The number of hydrogen-bond donors (Lipinski definition) is 2. The summed E-state index contributed by atoms with van der Waals surface area (Å²) in [5.41, 5.74) is -0.468. The average molecular weight is 346 g/mol. The number of carbonyl (C=O) groups is 2. The maximum Gasteiger partial charge on any atom is 0.264 e. The average Bonchev–Trinajstić information content (AvgIpc) is 2.75. The Hall–Kier alpha value is -1.98. The summed E-state index contributed by atoms with van der Waals surface area (Å²) in [6.07, 6.45) is -0.0265. The van der Waals surface area contributed by atoms with Gasteiger partial charge in [-0.2, -0.15) is 0 Å². The maximum absolute atomic E-state index is 12.4. The third kappa shape index (κ3) is 2.28. The number of nitrogens with one attached hydrogen (secondary N) is 1. The number of carbonyl (C=O) groups excluding carboxylic acids is 2. The Kier molecular flexibility index (Phi) is 3.39. The highest BCUT2D eigenvalue weighted by atomic mass is 79.9. The van der Waals surface area contributed by atoms with Crippen LogP contribution in [0.15, 0.2) is 53.0 Å². The summed E-state index contributed by atoms with van der Waals surface area (Å²) in [5.74, 6) is -1.27. The Labute approximate surface area is 129 Å². The minimum atomic E-state index is -2.05. The van der Waals surface area contributed by atoms with Crippen molar-refractivity contribution in [1.82, 2.24) is 0 Å². The van der Waals surface area contributed by atoms with Crippen LogP contribution in [0, 0.1) is 0 Å². The van der Waals surface area contributed by atoms with E-state index in [1.165, 1.54) is 0 Å². The first kappa shape index (κ1) is 14.0. The second kappa shape index (κ2) is 5.09. The lowest BCUT2D eigenvalue weighted by molar-refractivity contribution is -0.129. The molecule has 0 saturated carbocycles. The third-order valence-corrected chi connectivity index (χ3v) is 4.32. The summed E-state index contributed by atoms with van der Waals surface area (Å²) in [4.78, 5) is 24.7. The summed E-state index contributed by atoms with van der Waals surface area (Å²) in [7, 11) is 0. The number of para-hydroxylation sites is 1. The Morgan fingerprint density at radius 2 is 1.86 bits per heavy atom. The quantitative estimate of drug-likeness (QED) is 0.822. The normalized spacial score (nSPS) is 20.2. The van der Waals surface area contributed by atoms with Crippen molar-refractivity contribution in [3.63, 3.8) is 0 Å². The smallest absolute Gasteiger partial charge is 0.264 e. The van der Waals surface area contributed by atoms with Crippen LogP contribution in [0.5, 0.6) is 0 Å². The number of rotatable bonds is 2. The van der Waals surface area contributed by atoms with Gasteiger partial charge in [-0.1, -0.05) is 46.3 Å². The zero-order chi connectivity index (χ0) is 15.0. The van der Waals surface area contributed by atoms with Gasteiger partial charge < -0.3 is 10.4 Å². The molecule has 1 atom stereocenters. The predicted molar refractivity (Wildman–Crippen MR) is 82.2 cm³/mol. The van der Waals surface area contributed by atoms with Crippen molar-refractivity contribution in [3.8, 4) is 0 Å². The minimum absolute atomic E-state index is 0.0265. The molecule has 1 amide bonds. The van der Waals surface area contributed by atoms with Crippen LogP contribution in [-0.2, 0) is 11.2 Å². The molecule has 21 heavy (non-hydrogen) atoms. The second-order valence-electron chi connectivity index (χ2n) is 4.95. The summed E-state index contributed by atoms with van der Waals surface area (Å²) in [5, 5.41) is 13.1. The van der Waals surface area contributed by atoms with Gasteiger partial charge in [0.15, 0.2) is 0 Å². The van der Waals surface area contributed by atoms with Gasteiger partial charge in [-0.05, 0) is 23.8 Å². The van der Waals surface area contributed by atoms with Crippen molar-refractivity contribution in [1.29, 1.82) is 0 Å². The van der Waals surface area contributed by atoms with E-state index in [1.807, 2.05) is 6.07 Å². The summed E-state index contributed by atoms with van der Waals surface area (Å²) in [6, 6.07) is 13.9. The largest absolute Gasteiger partial charge is 0.373 e. The number of ketones is 1. The van der Waals surface area contributed by atoms with Crippen LogP contribution in [0.3, 0.4) is 0 Å². The molecule has 1 aliphatic carbocycles. The molecule has 2 aromatic rings. The standard InChI is InChI=1S/C16H12BrNO3/c17-13-8-4-7-11-12(13)9-16(21,14(11)19)15(20)18-10-5-2-1-3-6-10/h1-8,21H,9H2,(H,18,20)/t16-/m0/s1. The first-order chi connectivity index (χ1) is 10.0. The van der Waals surface area contributed by atoms with Gasteiger partial charge in [0.1, 0.15) is 0 Å². The topological polar surface area (TPSA) is 66.4 Å². The number of benzene rings is 2. The summed E-state index contributed by atoms with van der Waals surface area (Å²) < 4.78 is 0.719. The highest BCUT2D eigenvalue weighted by Crippen LogP contribution is 2.35. The zero-order valence-corrected chi connectivity index (χ0v) is 12.6. The number of anilines is 1. The van der Waals surface area contributed by atoms with Crippen LogP contribution in [0.25, 0.3) is 0 Å². The molecule has 2 N–H and O–H groups in total. The Morgan fingerprint density at radius 3 is 2.52 bits per heavy atom. The summed E-state index contributed by atoms with van der Waals surface area (Å²) >= 11 is 3.35. The fourth-order valence-electron chi connectivity index (χ4n) is 2.45. The van der Waals surface area contributed by atoms with Crippen molar-refractivity contribution in [2.75, 3.05) is 5.32 Å². The second-order valence-corrected chi connectivity index (χ2v) is 5.81. The van der Waals surface area contributed by atoms with Crippen molar-refractivity contribution >= 4 is 33.3 Å². The minimum Gasteiger partial charge on any atom is -0.373 e. The molecule has 0 heterocycles. The molecule has 4 nitrogen and oxygen atoms in total. The molecule has 0 unspecified atom stereocenters. The van der Waals surface area contributed by atoms with Crippen LogP contribution in [-0.4, -0.2) is 22.4 Å². The lowest BCUT2D eigenvalue weighted by Crippen LogP contribution is -2.48. The third-order valence-electron chi connectivity index (χ3n) is 3.58. The first-order valence-corrected chi connectivity index (χ1v) is 7.23. The van der Waals surface area contributed by atoms with E-state index >= 15 is 0 Å². The van der Waals surface area contributed by atoms with Crippen molar-refractivity contribution in [3.05, 3.63) is 64.1 Å². The van der Waals surface area contributed by atoms with E-state index in [0.29, 0.717) is 16.8 Å². The van der Waals surface area contributed by atoms with Crippen LogP contribution in [0.2, 0.25) is 0 Å². The zero-order valence-electron chi connectivity index (χ0n) is 11.0. The SMILES string of the molecule is O=C(Nc1ccccc1)[C@]1(O)Cc2c(Br)cccc2C1=O. The van der Waals surface area contributed by atoms with E-state index in [1.54, 1.807) is 42.5 Å². The fraction of sp³-hybridized carbons (Fsp3) is 0.125. The monoisotopic (exact) mass is 345 g/mol. The number of amides is 1. The van der Waals surface area contributed by atoms with Gasteiger partial charge in [0.25, 0.3) is 5.91 Å². The van der Waals surface area contributed by atoms with Crippen molar-refractivity contribution in [2.45, 2.75) is 12.0 Å². The number of Topliss-reactive ketones (excluding diaryl/α,β-unsaturated/α-hetero) is 1. The number of aliphatic hydroxyl groups is 1. The molecule has 0 saturated heterocycles. The molecule has 5 heteroatoms. The van der Waals surface area contributed by atoms with Crippen molar-refractivity contribution < 1.29 is 14.7 Å². The molecule has 0 aromatic heterocycles. The van der Waals surface area contributed by atoms with Gasteiger partial charge in [-0.25, -0.2) is 0 Å². The highest BCUT2D eigenvalue weighted by molar-refractivity contribution is 9.10. The molecule has 0 bridgehead atoms. The molecule has 0 radical (unpaired) electrons. The van der Waals surface area contributed by atoms with E-state index in [4.69, 9.17) is 0 Å². The van der Waals surface area contributed by atoms with E-state index in [9.17, 15) is 14.7 Å². The molecular formula is C16H12BrNO3. The van der Waals surface area contributed by atoms with Gasteiger partial charge in [0, 0.05) is 22.1 Å². The van der Waals surface area contributed by atoms with E-state index in [0.717, 1.165) is 4.47 Å². The Morgan fingerprint density at radius 1 is 1.14 bits per heavy atom. The van der Waals surface area contributed by atoms with Gasteiger partial charge >= 0.3 is 0 Å². The first-order valence-electron chi connectivity index (χ1n) is 6.43. The van der Waals surface area contributed by atoms with E-state index < -0.39 is 17.3 Å². The molecule has 106 valence electrons. The molecule has 1 aliphatic rings. The van der Waals surface area contributed by atoms with Gasteiger partial charge in [-0.3, -0.25) is 9.59 Å². The number of fused-ring (bicyclic) bond motifs is 1. The van der Waals surface area contributed by atoms with E-state index in [2.05, 4.69) is 21.2 Å².